The molecule has 0 saturated heterocycles. The Kier molecular flexibility index (Phi) is 3.15. The second-order valence-corrected chi connectivity index (χ2v) is 4.54. The monoisotopic (exact) mass is 265 g/mol. The number of fused-ring (bicyclic) bond motifs is 1. The van der Waals surface area contributed by atoms with Gasteiger partial charge in [0.1, 0.15) is 5.69 Å². The summed E-state index contributed by atoms with van der Waals surface area (Å²) in [7, 11) is 0. The third-order valence-corrected chi connectivity index (χ3v) is 3.45. The zero-order valence-corrected chi connectivity index (χ0v) is 10.5. The molecule has 2 heterocycles. The van der Waals surface area contributed by atoms with Crippen LogP contribution in [-0.2, 0) is 6.42 Å². The van der Waals surface area contributed by atoms with Gasteiger partial charge in [0.05, 0.1) is 17.0 Å². The van der Waals surface area contributed by atoms with Gasteiger partial charge in [-0.2, -0.15) is 0 Å². The van der Waals surface area contributed by atoms with Crippen LogP contribution in [0.25, 0.3) is 0 Å². The second-order valence-electron chi connectivity index (χ2n) is 4.54. The van der Waals surface area contributed by atoms with Gasteiger partial charge in [-0.25, -0.2) is 14.6 Å². The molecule has 102 valence electrons. The van der Waals surface area contributed by atoms with Crippen LogP contribution < -0.4 is 10.6 Å². The molecule has 7 nitrogen and oxygen atoms in total. The van der Waals surface area contributed by atoms with Crippen molar-refractivity contribution in [2.45, 2.75) is 31.8 Å². The van der Waals surface area contributed by atoms with E-state index in [9.17, 15) is 14.7 Å². The summed E-state index contributed by atoms with van der Waals surface area (Å²) in [6, 6.07) is 2.74. The minimum absolute atomic E-state index is 0.0925. The van der Waals surface area contributed by atoms with Crippen molar-refractivity contribution in [3.8, 4) is 0 Å². The third kappa shape index (κ3) is 2.12. The molecule has 0 spiro atoms. The fraction of sp³-hybridized carbons (Fsp3) is 0.417. The first-order valence-electron chi connectivity index (χ1n) is 5.94. The van der Waals surface area contributed by atoms with E-state index in [1.807, 2.05) is 6.92 Å². The Hall–Kier alpha value is -2.15. The molecule has 0 saturated carbocycles. The van der Waals surface area contributed by atoms with E-state index in [4.69, 9.17) is 10.8 Å². The van der Waals surface area contributed by atoms with Crippen LogP contribution >= 0.6 is 0 Å². The number of hydrogen-bond acceptors (Lipinski definition) is 4. The molecule has 1 aliphatic rings. The maximum absolute atomic E-state index is 11.4. The number of nitrogens with two attached hydrogens (primary N) is 1. The molecule has 0 bridgehead atoms. The molecule has 1 aromatic rings. The molecule has 1 aliphatic heterocycles. The molecule has 2 rings (SSSR count). The molecule has 1 amide bonds. The SMILES string of the molecule is CCC1(N)CCc2nc(C(=O)O)ccc2N1C(=O)O. The number of anilines is 1. The summed E-state index contributed by atoms with van der Waals surface area (Å²) < 4.78 is 0. The number of aromatic carboxylic acids is 1. The number of aromatic nitrogens is 1. The summed E-state index contributed by atoms with van der Waals surface area (Å²) in [5, 5.41) is 18.2. The van der Waals surface area contributed by atoms with Crippen molar-refractivity contribution in [1.82, 2.24) is 4.98 Å². The smallest absolute Gasteiger partial charge is 0.413 e. The highest BCUT2D eigenvalue weighted by Crippen LogP contribution is 2.35. The molecule has 1 unspecified atom stereocenters. The van der Waals surface area contributed by atoms with Crippen LogP contribution in [0.4, 0.5) is 10.5 Å². The van der Waals surface area contributed by atoms with Gasteiger partial charge in [0.2, 0.25) is 0 Å². The highest BCUT2D eigenvalue weighted by atomic mass is 16.4. The number of carbonyl (C=O) groups is 2. The normalized spacial score (nSPS) is 21.9. The lowest BCUT2D eigenvalue weighted by Crippen LogP contribution is -2.60. The van der Waals surface area contributed by atoms with Crippen molar-refractivity contribution in [2.24, 2.45) is 5.73 Å². The number of pyridine rings is 1. The Bertz CT molecular complexity index is 546. The first kappa shape index (κ1) is 13.3. The largest absolute Gasteiger partial charge is 0.477 e. The fourth-order valence-electron chi connectivity index (χ4n) is 2.32. The first-order valence-corrected chi connectivity index (χ1v) is 5.94. The maximum Gasteiger partial charge on any atom is 0.413 e. The molecular formula is C12H15N3O4. The molecule has 1 atom stereocenters. The van der Waals surface area contributed by atoms with E-state index >= 15 is 0 Å². The summed E-state index contributed by atoms with van der Waals surface area (Å²) in [5.74, 6) is -1.13. The van der Waals surface area contributed by atoms with Crippen LogP contribution in [0, 0.1) is 0 Å². The van der Waals surface area contributed by atoms with Crippen LogP contribution in [0.15, 0.2) is 12.1 Å². The first-order chi connectivity index (χ1) is 8.89. The summed E-state index contributed by atoms with van der Waals surface area (Å²) in [6.45, 7) is 1.82. The van der Waals surface area contributed by atoms with E-state index in [-0.39, 0.29) is 5.69 Å². The number of rotatable bonds is 2. The Labute approximate surface area is 109 Å². The number of aryl methyl sites for hydroxylation is 1. The second kappa shape index (κ2) is 4.51. The van der Waals surface area contributed by atoms with E-state index in [0.717, 1.165) is 4.90 Å². The molecular weight excluding hydrogens is 250 g/mol. The lowest BCUT2D eigenvalue weighted by atomic mass is 9.92. The summed E-state index contributed by atoms with van der Waals surface area (Å²) in [4.78, 5) is 27.4. The lowest BCUT2D eigenvalue weighted by Gasteiger charge is -2.42. The van der Waals surface area contributed by atoms with Gasteiger partial charge >= 0.3 is 12.1 Å². The summed E-state index contributed by atoms with van der Waals surface area (Å²) >= 11 is 0. The Morgan fingerprint density at radius 2 is 2.16 bits per heavy atom. The van der Waals surface area contributed by atoms with Gasteiger partial charge in [-0.1, -0.05) is 6.92 Å². The van der Waals surface area contributed by atoms with Gasteiger partial charge < -0.3 is 15.9 Å². The average molecular weight is 265 g/mol. The van der Waals surface area contributed by atoms with Crippen LogP contribution in [0.1, 0.15) is 35.9 Å². The van der Waals surface area contributed by atoms with Crippen LogP contribution in [0.2, 0.25) is 0 Å². The van der Waals surface area contributed by atoms with Crippen molar-refractivity contribution >= 4 is 17.7 Å². The molecule has 0 aromatic carbocycles. The average Bonchev–Trinajstić information content (AvgIpc) is 2.37. The topological polar surface area (TPSA) is 117 Å². The Balaban J connectivity index is 2.53. The van der Waals surface area contributed by atoms with Gasteiger partial charge in [-0.05, 0) is 31.4 Å². The highest BCUT2D eigenvalue weighted by molar-refractivity contribution is 5.91. The van der Waals surface area contributed by atoms with Crippen molar-refractivity contribution in [3.63, 3.8) is 0 Å². The minimum atomic E-state index is -1.16. The quantitative estimate of drug-likeness (QED) is 0.741. The minimum Gasteiger partial charge on any atom is -0.477 e. The van der Waals surface area contributed by atoms with Crippen LogP contribution in [-0.4, -0.2) is 32.9 Å². The molecule has 1 aromatic heterocycles. The Morgan fingerprint density at radius 3 is 2.68 bits per heavy atom. The fourth-order valence-corrected chi connectivity index (χ4v) is 2.32. The molecule has 0 fully saturated rings. The number of amides is 1. The van der Waals surface area contributed by atoms with Gasteiger partial charge in [0.25, 0.3) is 0 Å². The van der Waals surface area contributed by atoms with Gasteiger partial charge in [-0.15, -0.1) is 0 Å². The van der Waals surface area contributed by atoms with E-state index in [0.29, 0.717) is 30.6 Å². The molecule has 4 N–H and O–H groups in total. The maximum atomic E-state index is 11.4. The van der Waals surface area contributed by atoms with Gasteiger partial charge in [-0.3, -0.25) is 4.90 Å². The van der Waals surface area contributed by atoms with Crippen molar-refractivity contribution < 1.29 is 19.8 Å². The molecule has 7 heteroatoms. The third-order valence-electron chi connectivity index (χ3n) is 3.45. The van der Waals surface area contributed by atoms with E-state index < -0.39 is 17.7 Å². The predicted molar refractivity (Wildman–Crippen MR) is 67.2 cm³/mol. The number of carboxylic acid groups (broad SMARTS) is 2. The summed E-state index contributed by atoms with van der Waals surface area (Å²) in [5.41, 5.74) is 5.88. The Morgan fingerprint density at radius 1 is 1.47 bits per heavy atom. The van der Waals surface area contributed by atoms with Crippen molar-refractivity contribution in [3.05, 3.63) is 23.5 Å². The van der Waals surface area contributed by atoms with E-state index in [1.54, 1.807) is 0 Å². The highest BCUT2D eigenvalue weighted by Gasteiger charge is 2.40. The van der Waals surface area contributed by atoms with E-state index in [1.165, 1.54) is 12.1 Å². The standard InChI is InChI=1S/C12H15N3O4/c1-2-12(13)6-5-7-9(15(12)11(18)19)4-3-8(14-7)10(16)17/h3-4H,2,5-6,13H2,1H3,(H,16,17)(H,18,19). The van der Waals surface area contributed by atoms with Crippen LogP contribution in [0.3, 0.4) is 0 Å². The van der Waals surface area contributed by atoms with Gasteiger partial charge in [0.15, 0.2) is 0 Å². The number of hydrogen-bond donors (Lipinski definition) is 3. The zero-order valence-electron chi connectivity index (χ0n) is 10.5. The van der Waals surface area contributed by atoms with Crippen molar-refractivity contribution in [2.75, 3.05) is 4.90 Å². The molecule has 0 aliphatic carbocycles. The van der Waals surface area contributed by atoms with Gasteiger partial charge in [0, 0.05) is 0 Å². The number of nitrogens with zero attached hydrogens (tertiary/aromatic N) is 2. The lowest BCUT2D eigenvalue weighted by molar-refractivity contribution is 0.0690. The number of carboxylic acids is 1. The summed E-state index contributed by atoms with van der Waals surface area (Å²) in [6.07, 6.45) is 0.193. The molecule has 19 heavy (non-hydrogen) atoms. The van der Waals surface area contributed by atoms with Crippen molar-refractivity contribution in [1.29, 1.82) is 0 Å². The molecule has 0 radical (unpaired) electrons. The van der Waals surface area contributed by atoms with Crippen LogP contribution in [0.5, 0.6) is 0 Å². The zero-order chi connectivity index (χ0) is 14.2. The predicted octanol–water partition coefficient (Wildman–Crippen LogP) is 1.28. The van der Waals surface area contributed by atoms with E-state index in [2.05, 4.69) is 4.98 Å².